The van der Waals surface area contributed by atoms with Crippen molar-refractivity contribution < 1.29 is 14.6 Å². The zero-order valence-corrected chi connectivity index (χ0v) is 9.73. The lowest BCUT2D eigenvalue weighted by Gasteiger charge is -2.13. The van der Waals surface area contributed by atoms with Crippen LogP contribution in [0.5, 0.6) is 0 Å². The van der Waals surface area contributed by atoms with E-state index in [1.54, 1.807) is 18.8 Å². The molecule has 6 heteroatoms. The minimum atomic E-state index is -0.954. The predicted molar refractivity (Wildman–Crippen MR) is 58.3 cm³/mol. The first-order chi connectivity index (χ1) is 7.56. The predicted octanol–water partition coefficient (Wildman–Crippen LogP) is 0.243. The van der Waals surface area contributed by atoms with Crippen LogP contribution < -0.4 is 5.32 Å². The molecule has 0 aliphatic carbocycles. The number of carbonyl (C=O) groups is 1. The van der Waals surface area contributed by atoms with Crippen LogP contribution in [0.15, 0.2) is 6.20 Å². The standard InChI is InChI=1S/C10H17N3O3/c1-7(6-16-3)11-5-9-8(10(14)15)4-12-13(9)2/h4,7,11H,5-6H2,1-3H3,(H,14,15). The fourth-order valence-electron chi connectivity index (χ4n) is 1.43. The second-order valence-corrected chi connectivity index (χ2v) is 3.67. The number of hydrogen-bond donors (Lipinski definition) is 2. The van der Waals surface area contributed by atoms with Crippen molar-refractivity contribution in [3.05, 3.63) is 17.5 Å². The zero-order valence-electron chi connectivity index (χ0n) is 9.73. The van der Waals surface area contributed by atoms with E-state index in [2.05, 4.69) is 10.4 Å². The van der Waals surface area contributed by atoms with Crippen LogP contribution in [0.3, 0.4) is 0 Å². The molecule has 2 N–H and O–H groups in total. The molecule has 1 atom stereocenters. The van der Waals surface area contributed by atoms with Crippen molar-refractivity contribution in [3.8, 4) is 0 Å². The van der Waals surface area contributed by atoms with Gasteiger partial charge < -0.3 is 15.2 Å². The molecule has 0 fully saturated rings. The van der Waals surface area contributed by atoms with Crippen molar-refractivity contribution >= 4 is 5.97 Å². The Labute approximate surface area is 94.2 Å². The Kier molecular flexibility index (Phi) is 4.45. The van der Waals surface area contributed by atoms with Crippen LogP contribution in [0.4, 0.5) is 0 Å². The summed E-state index contributed by atoms with van der Waals surface area (Å²) in [6.07, 6.45) is 1.36. The molecule has 0 spiro atoms. The molecule has 90 valence electrons. The van der Waals surface area contributed by atoms with Gasteiger partial charge in [0.25, 0.3) is 0 Å². The highest BCUT2D eigenvalue weighted by Crippen LogP contribution is 2.07. The second kappa shape index (κ2) is 5.62. The molecule has 16 heavy (non-hydrogen) atoms. The molecule has 1 rings (SSSR count). The quantitative estimate of drug-likeness (QED) is 0.728. The van der Waals surface area contributed by atoms with E-state index in [1.807, 2.05) is 6.92 Å². The zero-order chi connectivity index (χ0) is 12.1. The Morgan fingerprint density at radius 1 is 1.75 bits per heavy atom. The average molecular weight is 227 g/mol. The van der Waals surface area contributed by atoms with E-state index < -0.39 is 5.97 Å². The van der Waals surface area contributed by atoms with Crippen molar-refractivity contribution in [2.45, 2.75) is 19.5 Å². The van der Waals surface area contributed by atoms with Crippen molar-refractivity contribution in [2.75, 3.05) is 13.7 Å². The number of aromatic carboxylic acids is 1. The van der Waals surface area contributed by atoms with Gasteiger partial charge in [-0.25, -0.2) is 4.79 Å². The highest BCUT2D eigenvalue weighted by molar-refractivity contribution is 5.88. The third-order valence-corrected chi connectivity index (χ3v) is 2.33. The molecule has 1 unspecified atom stereocenters. The topological polar surface area (TPSA) is 76.4 Å². The minimum absolute atomic E-state index is 0.168. The summed E-state index contributed by atoms with van der Waals surface area (Å²) >= 11 is 0. The SMILES string of the molecule is COCC(C)NCc1c(C(=O)O)cnn1C. The van der Waals surface area contributed by atoms with Gasteiger partial charge in [-0.05, 0) is 6.92 Å². The fourth-order valence-corrected chi connectivity index (χ4v) is 1.43. The van der Waals surface area contributed by atoms with Crippen molar-refractivity contribution in [3.63, 3.8) is 0 Å². The number of aryl methyl sites for hydroxylation is 1. The molecule has 0 bridgehead atoms. The molecule has 1 heterocycles. The van der Waals surface area contributed by atoms with Gasteiger partial charge in [-0.2, -0.15) is 5.10 Å². The number of carboxylic acids is 1. The summed E-state index contributed by atoms with van der Waals surface area (Å²) in [5.74, 6) is -0.954. The Balaban J connectivity index is 2.65. The summed E-state index contributed by atoms with van der Waals surface area (Å²) in [6, 6.07) is 0.168. The molecule has 0 aromatic carbocycles. The van der Waals surface area contributed by atoms with E-state index in [1.165, 1.54) is 6.20 Å². The number of nitrogens with one attached hydrogen (secondary N) is 1. The van der Waals surface area contributed by atoms with Crippen LogP contribution in [-0.4, -0.2) is 40.6 Å². The number of hydrogen-bond acceptors (Lipinski definition) is 4. The molecule has 0 aliphatic heterocycles. The van der Waals surface area contributed by atoms with Crippen molar-refractivity contribution in [2.24, 2.45) is 7.05 Å². The lowest BCUT2D eigenvalue weighted by Crippen LogP contribution is -2.30. The fraction of sp³-hybridized carbons (Fsp3) is 0.600. The highest BCUT2D eigenvalue weighted by atomic mass is 16.5. The number of rotatable bonds is 6. The van der Waals surface area contributed by atoms with Gasteiger partial charge in [0, 0.05) is 26.7 Å². The van der Waals surface area contributed by atoms with Crippen LogP contribution in [0, 0.1) is 0 Å². The van der Waals surface area contributed by atoms with E-state index in [4.69, 9.17) is 9.84 Å². The molecular weight excluding hydrogens is 210 g/mol. The van der Waals surface area contributed by atoms with Gasteiger partial charge in [-0.3, -0.25) is 4.68 Å². The lowest BCUT2D eigenvalue weighted by atomic mass is 10.2. The third-order valence-electron chi connectivity index (χ3n) is 2.33. The third kappa shape index (κ3) is 3.04. The molecule has 1 aromatic heterocycles. The van der Waals surface area contributed by atoms with Gasteiger partial charge >= 0.3 is 5.97 Å². The summed E-state index contributed by atoms with van der Waals surface area (Å²) in [7, 11) is 3.36. The molecule has 0 aliphatic rings. The molecule has 0 radical (unpaired) electrons. The second-order valence-electron chi connectivity index (χ2n) is 3.67. The summed E-state index contributed by atoms with van der Waals surface area (Å²) in [4.78, 5) is 10.9. The molecule has 6 nitrogen and oxygen atoms in total. The molecular formula is C10H17N3O3. The van der Waals surface area contributed by atoms with Crippen LogP contribution in [0.25, 0.3) is 0 Å². The Hall–Kier alpha value is -1.40. The van der Waals surface area contributed by atoms with Crippen molar-refractivity contribution in [1.82, 2.24) is 15.1 Å². The summed E-state index contributed by atoms with van der Waals surface area (Å²) < 4.78 is 6.55. The van der Waals surface area contributed by atoms with Gasteiger partial charge in [-0.15, -0.1) is 0 Å². The largest absolute Gasteiger partial charge is 0.478 e. The maximum absolute atomic E-state index is 10.9. The van der Waals surface area contributed by atoms with Gasteiger partial charge in [-0.1, -0.05) is 0 Å². The molecule has 0 amide bonds. The van der Waals surface area contributed by atoms with E-state index in [0.717, 1.165) is 0 Å². The number of methoxy groups -OCH3 is 1. The van der Waals surface area contributed by atoms with E-state index in [-0.39, 0.29) is 11.6 Å². The van der Waals surface area contributed by atoms with Gasteiger partial charge in [0.1, 0.15) is 5.56 Å². The first-order valence-electron chi connectivity index (χ1n) is 5.02. The number of aromatic nitrogens is 2. The Bertz CT molecular complexity index is 362. The van der Waals surface area contributed by atoms with E-state index >= 15 is 0 Å². The molecule has 0 saturated carbocycles. The highest BCUT2D eigenvalue weighted by Gasteiger charge is 2.15. The Morgan fingerprint density at radius 2 is 2.44 bits per heavy atom. The molecule has 0 saturated heterocycles. The number of ether oxygens (including phenoxy) is 1. The van der Waals surface area contributed by atoms with Crippen molar-refractivity contribution in [1.29, 1.82) is 0 Å². The van der Waals surface area contributed by atoms with Crippen LogP contribution in [0.1, 0.15) is 23.0 Å². The summed E-state index contributed by atoms with van der Waals surface area (Å²) in [6.45, 7) is 3.02. The lowest BCUT2D eigenvalue weighted by molar-refractivity contribution is 0.0695. The normalized spacial score (nSPS) is 12.7. The maximum atomic E-state index is 10.9. The molecule has 1 aromatic rings. The van der Waals surface area contributed by atoms with E-state index in [9.17, 15) is 4.79 Å². The smallest absolute Gasteiger partial charge is 0.339 e. The number of carboxylic acid groups (broad SMARTS) is 1. The summed E-state index contributed by atoms with van der Waals surface area (Å²) in [5, 5.41) is 16.0. The van der Waals surface area contributed by atoms with E-state index in [0.29, 0.717) is 18.8 Å². The van der Waals surface area contributed by atoms with Gasteiger partial charge in [0.05, 0.1) is 18.5 Å². The van der Waals surface area contributed by atoms with Crippen LogP contribution >= 0.6 is 0 Å². The monoisotopic (exact) mass is 227 g/mol. The summed E-state index contributed by atoms with van der Waals surface area (Å²) in [5.41, 5.74) is 0.898. The first-order valence-corrected chi connectivity index (χ1v) is 5.02. The number of nitrogens with zero attached hydrogens (tertiary/aromatic N) is 2. The van der Waals surface area contributed by atoms with Gasteiger partial charge in [0.15, 0.2) is 0 Å². The first kappa shape index (κ1) is 12.7. The average Bonchev–Trinajstić information content (AvgIpc) is 2.57. The Morgan fingerprint density at radius 3 is 3.00 bits per heavy atom. The minimum Gasteiger partial charge on any atom is -0.478 e. The van der Waals surface area contributed by atoms with Gasteiger partial charge in [0.2, 0.25) is 0 Å². The maximum Gasteiger partial charge on any atom is 0.339 e. The van der Waals surface area contributed by atoms with Crippen LogP contribution in [0.2, 0.25) is 0 Å². The van der Waals surface area contributed by atoms with Crippen LogP contribution in [-0.2, 0) is 18.3 Å².